The number of hydrogen-bond acceptors (Lipinski definition) is 6. The van der Waals surface area contributed by atoms with Crippen molar-refractivity contribution in [3.05, 3.63) is 16.0 Å². The van der Waals surface area contributed by atoms with Crippen LogP contribution in [0.15, 0.2) is 0 Å². The van der Waals surface area contributed by atoms with Gasteiger partial charge in [-0.3, -0.25) is 19.7 Å². The van der Waals surface area contributed by atoms with Gasteiger partial charge in [0.05, 0.1) is 5.56 Å². The number of imide groups is 1. The quantitative estimate of drug-likeness (QED) is 0.707. The van der Waals surface area contributed by atoms with Crippen molar-refractivity contribution in [3.63, 3.8) is 0 Å². The molecule has 0 radical (unpaired) electrons. The van der Waals surface area contributed by atoms with Crippen LogP contribution in [-0.4, -0.2) is 30.3 Å². The van der Waals surface area contributed by atoms with Crippen molar-refractivity contribution in [2.45, 2.75) is 58.8 Å². The number of nitrogens with one attached hydrogen (secondary N) is 2. The molecule has 0 spiro atoms. The largest absolute Gasteiger partial charge is 0.452 e. The maximum absolute atomic E-state index is 12.5. The number of aryl methyl sites for hydroxylation is 1. The van der Waals surface area contributed by atoms with Crippen molar-refractivity contribution in [3.8, 4) is 0 Å². The molecule has 1 aromatic heterocycles. The zero-order valence-electron chi connectivity index (χ0n) is 16.3. The van der Waals surface area contributed by atoms with E-state index in [-0.39, 0.29) is 29.2 Å². The summed E-state index contributed by atoms with van der Waals surface area (Å²) >= 11 is 1.32. The van der Waals surface area contributed by atoms with Crippen LogP contribution in [0.2, 0.25) is 0 Å². The molecular weight excluding hydrogens is 380 g/mol. The number of anilines is 1. The Morgan fingerprint density at radius 3 is 2.25 bits per heavy atom. The molecule has 2 fully saturated rings. The molecule has 2 saturated carbocycles. The van der Waals surface area contributed by atoms with Gasteiger partial charge in [-0.15, -0.1) is 11.3 Å². The Labute approximate surface area is 168 Å². The summed E-state index contributed by atoms with van der Waals surface area (Å²) in [5.74, 6) is -1.81. The molecule has 3 rings (SSSR count). The van der Waals surface area contributed by atoms with Crippen molar-refractivity contribution in [2.24, 2.45) is 11.8 Å². The van der Waals surface area contributed by atoms with Gasteiger partial charge in [0.2, 0.25) is 11.8 Å². The van der Waals surface area contributed by atoms with E-state index in [2.05, 4.69) is 10.6 Å². The van der Waals surface area contributed by atoms with E-state index in [0.717, 1.165) is 55.4 Å². The number of carbonyl (C=O) groups excluding carboxylic acids is 4. The molecule has 0 aliphatic heterocycles. The van der Waals surface area contributed by atoms with Crippen molar-refractivity contribution in [2.75, 3.05) is 11.9 Å². The van der Waals surface area contributed by atoms with Gasteiger partial charge in [-0.25, -0.2) is 4.79 Å². The predicted octanol–water partition coefficient (Wildman–Crippen LogP) is 3.09. The second-order valence-electron chi connectivity index (χ2n) is 7.57. The zero-order chi connectivity index (χ0) is 20.3. The van der Waals surface area contributed by atoms with Crippen molar-refractivity contribution in [1.29, 1.82) is 0 Å². The Balaban J connectivity index is 1.55. The zero-order valence-corrected chi connectivity index (χ0v) is 17.1. The monoisotopic (exact) mass is 406 g/mol. The molecule has 0 bridgehead atoms. The molecule has 7 nitrogen and oxygen atoms in total. The normalized spacial score (nSPS) is 17.1. The van der Waals surface area contributed by atoms with Gasteiger partial charge in [0.1, 0.15) is 5.00 Å². The fourth-order valence-corrected chi connectivity index (χ4v) is 4.42. The summed E-state index contributed by atoms with van der Waals surface area (Å²) < 4.78 is 5.12. The third kappa shape index (κ3) is 4.98. The van der Waals surface area contributed by atoms with Crippen LogP contribution in [0.4, 0.5) is 5.00 Å². The molecule has 8 heteroatoms. The average molecular weight is 407 g/mol. The first-order valence-electron chi connectivity index (χ1n) is 9.78. The van der Waals surface area contributed by atoms with E-state index >= 15 is 0 Å². The Morgan fingerprint density at radius 2 is 1.61 bits per heavy atom. The first-order chi connectivity index (χ1) is 13.4. The van der Waals surface area contributed by atoms with Crippen molar-refractivity contribution >= 4 is 40.0 Å². The van der Waals surface area contributed by atoms with Crippen LogP contribution in [0, 0.1) is 25.7 Å². The SMILES string of the molecule is Cc1sc(NC(=O)C2CC2)c(C(=O)OCC(=O)NC(=O)C2CCCCC2)c1C. The lowest BCUT2D eigenvalue weighted by molar-refractivity contribution is -0.135. The number of hydrogen-bond donors (Lipinski definition) is 2. The standard InChI is InChI=1S/C20H26N2O5S/c1-11-12(2)28-19(22-18(25)14-8-9-14)16(11)20(26)27-10-15(23)21-17(24)13-6-4-3-5-7-13/h13-14H,3-10H2,1-2H3,(H,22,25)(H,21,23,24). The fourth-order valence-electron chi connectivity index (χ4n) is 3.36. The number of amides is 3. The highest BCUT2D eigenvalue weighted by molar-refractivity contribution is 7.16. The topological polar surface area (TPSA) is 102 Å². The second-order valence-corrected chi connectivity index (χ2v) is 8.80. The lowest BCUT2D eigenvalue weighted by Gasteiger charge is -2.20. The third-order valence-corrected chi connectivity index (χ3v) is 6.47. The Kier molecular flexibility index (Phi) is 6.49. The Bertz CT molecular complexity index is 791. The first kappa shape index (κ1) is 20.5. The molecule has 2 N–H and O–H groups in total. The highest BCUT2D eigenvalue weighted by Gasteiger charge is 2.32. The molecule has 0 atom stereocenters. The summed E-state index contributed by atoms with van der Waals surface area (Å²) in [6, 6.07) is 0. The van der Waals surface area contributed by atoms with Crippen LogP contribution in [0.3, 0.4) is 0 Å². The number of ether oxygens (including phenoxy) is 1. The van der Waals surface area contributed by atoms with Crippen LogP contribution in [0.1, 0.15) is 65.7 Å². The molecular formula is C20H26N2O5S. The minimum atomic E-state index is -0.673. The van der Waals surface area contributed by atoms with E-state index in [1.165, 1.54) is 11.3 Å². The van der Waals surface area contributed by atoms with E-state index < -0.39 is 18.5 Å². The van der Waals surface area contributed by atoms with Crippen molar-refractivity contribution < 1.29 is 23.9 Å². The number of thiophene rings is 1. The summed E-state index contributed by atoms with van der Waals surface area (Å²) in [4.78, 5) is 49.6. The molecule has 28 heavy (non-hydrogen) atoms. The van der Waals surface area contributed by atoms with Crippen LogP contribution >= 0.6 is 11.3 Å². The van der Waals surface area contributed by atoms with Gasteiger partial charge in [0, 0.05) is 16.7 Å². The Morgan fingerprint density at radius 1 is 0.964 bits per heavy atom. The van der Waals surface area contributed by atoms with Gasteiger partial charge < -0.3 is 10.1 Å². The molecule has 1 heterocycles. The summed E-state index contributed by atoms with van der Waals surface area (Å²) in [5.41, 5.74) is 1.00. The summed E-state index contributed by atoms with van der Waals surface area (Å²) in [5, 5.41) is 5.58. The number of rotatable bonds is 6. The van der Waals surface area contributed by atoms with E-state index in [4.69, 9.17) is 4.74 Å². The van der Waals surface area contributed by atoms with E-state index in [0.29, 0.717) is 5.00 Å². The van der Waals surface area contributed by atoms with Crippen molar-refractivity contribution in [1.82, 2.24) is 5.32 Å². The van der Waals surface area contributed by atoms with E-state index in [1.807, 2.05) is 6.92 Å². The van der Waals surface area contributed by atoms with Gasteiger partial charge in [-0.2, -0.15) is 0 Å². The minimum Gasteiger partial charge on any atom is -0.452 e. The van der Waals surface area contributed by atoms with Gasteiger partial charge >= 0.3 is 5.97 Å². The van der Waals surface area contributed by atoms with Crippen LogP contribution in [0.5, 0.6) is 0 Å². The molecule has 0 saturated heterocycles. The lowest BCUT2D eigenvalue weighted by atomic mass is 9.89. The number of esters is 1. The maximum atomic E-state index is 12.5. The summed E-state index contributed by atoms with van der Waals surface area (Å²) in [7, 11) is 0. The molecule has 0 unspecified atom stereocenters. The smallest absolute Gasteiger partial charge is 0.341 e. The predicted molar refractivity (Wildman–Crippen MR) is 105 cm³/mol. The van der Waals surface area contributed by atoms with Gasteiger partial charge in [-0.05, 0) is 45.1 Å². The summed E-state index contributed by atoms with van der Waals surface area (Å²) in [6.07, 6.45) is 6.41. The highest BCUT2D eigenvalue weighted by Crippen LogP contribution is 2.36. The molecule has 2 aliphatic carbocycles. The fraction of sp³-hybridized carbons (Fsp3) is 0.600. The molecule has 0 aromatic carbocycles. The highest BCUT2D eigenvalue weighted by atomic mass is 32.1. The van der Waals surface area contributed by atoms with E-state index in [9.17, 15) is 19.2 Å². The first-order valence-corrected chi connectivity index (χ1v) is 10.6. The third-order valence-electron chi connectivity index (χ3n) is 5.35. The molecule has 152 valence electrons. The lowest BCUT2D eigenvalue weighted by Crippen LogP contribution is -2.39. The Hall–Kier alpha value is -2.22. The van der Waals surface area contributed by atoms with Crippen LogP contribution in [-0.2, 0) is 19.1 Å². The summed E-state index contributed by atoms with van der Waals surface area (Å²) in [6.45, 7) is 3.11. The second kappa shape index (κ2) is 8.86. The van der Waals surface area contributed by atoms with Gasteiger partial charge in [0.15, 0.2) is 6.61 Å². The number of carbonyl (C=O) groups is 4. The molecule has 1 aromatic rings. The average Bonchev–Trinajstić information content (AvgIpc) is 3.48. The molecule has 3 amide bonds. The van der Waals surface area contributed by atoms with Crippen LogP contribution in [0.25, 0.3) is 0 Å². The van der Waals surface area contributed by atoms with E-state index in [1.54, 1.807) is 6.92 Å². The maximum Gasteiger partial charge on any atom is 0.341 e. The van der Waals surface area contributed by atoms with Gasteiger partial charge in [-0.1, -0.05) is 19.3 Å². The van der Waals surface area contributed by atoms with Crippen LogP contribution < -0.4 is 10.6 Å². The van der Waals surface area contributed by atoms with Gasteiger partial charge in [0.25, 0.3) is 5.91 Å². The molecule has 2 aliphatic rings. The minimum absolute atomic E-state index is 0.0168.